The molecular formula is C14H21F2NO. The number of hydrogen-bond donors (Lipinski definition) is 1. The van der Waals surface area contributed by atoms with E-state index in [-0.39, 0.29) is 5.56 Å². The molecule has 2 unspecified atom stereocenters. The molecule has 1 rings (SSSR count). The molecule has 2 atom stereocenters. The first-order valence-corrected chi connectivity index (χ1v) is 6.25. The second kappa shape index (κ2) is 6.81. The number of hydrogen-bond acceptors (Lipinski definition) is 2. The average Bonchev–Trinajstić information content (AvgIpc) is 2.28. The van der Waals surface area contributed by atoms with Crippen LogP contribution in [0, 0.1) is 17.6 Å². The van der Waals surface area contributed by atoms with Crippen molar-refractivity contribution in [2.75, 3.05) is 20.1 Å². The van der Waals surface area contributed by atoms with Crippen LogP contribution >= 0.6 is 0 Å². The highest BCUT2D eigenvalue weighted by Crippen LogP contribution is 2.19. The van der Waals surface area contributed by atoms with Gasteiger partial charge in [-0.2, -0.15) is 0 Å². The SMILES string of the molecule is CCC(C)CN(C)CC(O)c1ccc(F)cc1F. The highest BCUT2D eigenvalue weighted by molar-refractivity contribution is 5.21. The third-order valence-corrected chi connectivity index (χ3v) is 3.13. The Morgan fingerprint density at radius 1 is 1.28 bits per heavy atom. The first-order valence-electron chi connectivity index (χ1n) is 6.25. The van der Waals surface area contributed by atoms with Crippen LogP contribution in [0.15, 0.2) is 18.2 Å². The number of halogens is 2. The molecule has 102 valence electrons. The van der Waals surface area contributed by atoms with Crippen molar-refractivity contribution >= 4 is 0 Å². The Bertz CT molecular complexity index is 384. The molecule has 1 N–H and O–H groups in total. The summed E-state index contributed by atoms with van der Waals surface area (Å²) in [6, 6.07) is 3.26. The Morgan fingerprint density at radius 2 is 1.94 bits per heavy atom. The minimum absolute atomic E-state index is 0.146. The van der Waals surface area contributed by atoms with Gasteiger partial charge in [-0.15, -0.1) is 0 Å². The summed E-state index contributed by atoms with van der Waals surface area (Å²) < 4.78 is 26.2. The van der Waals surface area contributed by atoms with Crippen molar-refractivity contribution in [3.63, 3.8) is 0 Å². The minimum Gasteiger partial charge on any atom is -0.387 e. The number of likely N-dealkylation sites (N-methyl/N-ethyl adjacent to an activating group) is 1. The van der Waals surface area contributed by atoms with E-state index >= 15 is 0 Å². The molecule has 4 heteroatoms. The van der Waals surface area contributed by atoms with Gasteiger partial charge in [0.25, 0.3) is 0 Å². The van der Waals surface area contributed by atoms with Crippen LogP contribution in [0.2, 0.25) is 0 Å². The van der Waals surface area contributed by atoms with Crippen molar-refractivity contribution in [1.29, 1.82) is 0 Å². The van der Waals surface area contributed by atoms with E-state index in [1.54, 1.807) is 0 Å². The Kier molecular flexibility index (Phi) is 5.69. The zero-order valence-corrected chi connectivity index (χ0v) is 11.2. The third-order valence-electron chi connectivity index (χ3n) is 3.13. The first-order chi connectivity index (χ1) is 8.43. The van der Waals surface area contributed by atoms with E-state index in [9.17, 15) is 13.9 Å². The van der Waals surface area contributed by atoms with Gasteiger partial charge in [0, 0.05) is 24.7 Å². The molecule has 0 saturated carbocycles. The highest BCUT2D eigenvalue weighted by atomic mass is 19.1. The minimum atomic E-state index is -0.931. The fourth-order valence-electron chi connectivity index (χ4n) is 1.90. The summed E-state index contributed by atoms with van der Waals surface area (Å²) in [5.41, 5.74) is 0.146. The summed E-state index contributed by atoms with van der Waals surface area (Å²) in [5, 5.41) is 9.94. The van der Waals surface area contributed by atoms with Crippen LogP contribution in [0.4, 0.5) is 8.78 Å². The number of aliphatic hydroxyl groups is 1. The molecular weight excluding hydrogens is 236 g/mol. The Morgan fingerprint density at radius 3 is 2.50 bits per heavy atom. The quantitative estimate of drug-likeness (QED) is 0.847. The summed E-state index contributed by atoms with van der Waals surface area (Å²) in [7, 11) is 1.89. The molecule has 0 bridgehead atoms. The van der Waals surface area contributed by atoms with Gasteiger partial charge >= 0.3 is 0 Å². The van der Waals surface area contributed by atoms with Gasteiger partial charge in [-0.05, 0) is 19.0 Å². The van der Waals surface area contributed by atoms with E-state index in [0.29, 0.717) is 12.5 Å². The molecule has 0 aromatic heterocycles. The van der Waals surface area contributed by atoms with Gasteiger partial charge in [0.1, 0.15) is 11.6 Å². The predicted octanol–water partition coefficient (Wildman–Crippen LogP) is 2.98. The molecule has 0 aliphatic heterocycles. The Labute approximate surface area is 107 Å². The molecule has 0 spiro atoms. The van der Waals surface area contributed by atoms with Crippen LogP contribution in [-0.2, 0) is 0 Å². The second-order valence-electron chi connectivity index (χ2n) is 4.92. The second-order valence-corrected chi connectivity index (χ2v) is 4.92. The van der Waals surface area contributed by atoms with Gasteiger partial charge in [0.15, 0.2) is 0 Å². The van der Waals surface area contributed by atoms with Crippen molar-refractivity contribution in [2.24, 2.45) is 5.92 Å². The lowest BCUT2D eigenvalue weighted by Crippen LogP contribution is -2.29. The summed E-state index contributed by atoms with van der Waals surface area (Å²) in [4.78, 5) is 1.96. The maximum Gasteiger partial charge on any atom is 0.131 e. The van der Waals surface area contributed by atoms with Crippen molar-refractivity contribution in [2.45, 2.75) is 26.4 Å². The fraction of sp³-hybridized carbons (Fsp3) is 0.571. The van der Waals surface area contributed by atoms with Crippen molar-refractivity contribution in [1.82, 2.24) is 4.90 Å². The van der Waals surface area contributed by atoms with Gasteiger partial charge in [0.2, 0.25) is 0 Å². The van der Waals surface area contributed by atoms with Gasteiger partial charge in [-0.25, -0.2) is 8.78 Å². The normalized spacial score (nSPS) is 14.8. The molecule has 1 aromatic rings. The molecule has 2 nitrogen and oxygen atoms in total. The number of benzene rings is 1. The standard InChI is InChI=1S/C14H21F2NO/c1-4-10(2)8-17(3)9-14(18)12-6-5-11(15)7-13(12)16/h5-7,10,14,18H,4,8-9H2,1-3H3. The predicted molar refractivity (Wildman–Crippen MR) is 68.3 cm³/mol. The summed E-state index contributed by atoms with van der Waals surface area (Å²) in [5.74, 6) is -0.795. The van der Waals surface area contributed by atoms with Gasteiger partial charge in [-0.1, -0.05) is 26.3 Å². The smallest absolute Gasteiger partial charge is 0.131 e. The lowest BCUT2D eigenvalue weighted by Gasteiger charge is -2.23. The number of nitrogens with zero attached hydrogens (tertiary/aromatic N) is 1. The molecule has 18 heavy (non-hydrogen) atoms. The maximum atomic E-state index is 13.5. The molecule has 0 saturated heterocycles. The molecule has 0 radical (unpaired) electrons. The zero-order chi connectivity index (χ0) is 13.7. The van der Waals surface area contributed by atoms with Gasteiger partial charge in [-0.3, -0.25) is 0 Å². The first kappa shape index (κ1) is 15.1. The monoisotopic (exact) mass is 257 g/mol. The van der Waals surface area contributed by atoms with E-state index in [1.807, 2.05) is 11.9 Å². The van der Waals surface area contributed by atoms with Crippen LogP contribution < -0.4 is 0 Å². The van der Waals surface area contributed by atoms with E-state index in [4.69, 9.17) is 0 Å². The van der Waals surface area contributed by atoms with E-state index < -0.39 is 17.7 Å². The Balaban J connectivity index is 2.61. The lowest BCUT2D eigenvalue weighted by atomic mass is 10.1. The van der Waals surface area contributed by atoms with Crippen molar-refractivity contribution < 1.29 is 13.9 Å². The topological polar surface area (TPSA) is 23.5 Å². The largest absolute Gasteiger partial charge is 0.387 e. The average molecular weight is 257 g/mol. The van der Waals surface area contributed by atoms with Crippen LogP contribution in [0.3, 0.4) is 0 Å². The zero-order valence-electron chi connectivity index (χ0n) is 11.2. The van der Waals surface area contributed by atoms with E-state index in [2.05, 4.69) is 13.8 Å². The van der Waals surface area contributed by atoms with Crippen molar-refractivity contribution in [3.05, 3.63) is 35.4 Å². The molecule has 0 fully saturated rings. The van der Waals surface area contributed by atoms with Crippen LogP contribution in [0.1, 0.15) is 31.9 Å². The highest BCUT2D eigenvalue weighted by Gasteiger charge is 2.16. The Hall–Kier alpha value is -1.00. The molecule has 0 heterocycles. The molecule has 0 aliphatic carbocycles. The van der Waals surface area contributed by atoms with Crippen LogP contribution in [0.25, 0.3) is 0 Å². The third kappa shape index (κ3) is 4.35. The fourth-order valence-corrected chi connectivity index (χ4v) is 1.90. The maximum absolute atomic E-state index is 13.5. The molecule has 1 aromatic carbocycles. The van der Waals surface area contributed by atoms with Crippen LogP contribution in [-0.4, -0.2) is 30.1 Å². The number of rotatable bonds is 6. The summed E-state index contributed by atoms with van der Waals surface area (Å²) in [6.45, 7) is 5.42. The van der Waals surface area contributed by atoms with E-state index in [1.165, 1.54) is 6.07 Å². The summed E-state index contributed by atoms with van der Waals surface area (Å²) in [6.07, 6.45) is 0.130. The van der Waals surface area contributed by atoms with Crippen molar-refractivity contribution in [3.8, 4) is 0 Å². The molecule has 0 amide bonds. The lowest BCUT2D eigenvalue weighted by molar-refractivity contribution is 0.116. The van der Waals surface area contributed by atoms with Gasteiger partial charge in [0.05, 0.1) is 6.10 Å². The molecule has 0 aliphatic rings. The number of aliphatic hydroxyl groups excluding tert-OH is 1. The van der Waals surface area contributed by atoms with Gasteiger partial charge < -0.3 is 10.0 Å². The van der Waals surface area contributed by atoms with E-state index in [0.717, 1.165) is 25.1 Å². The van der Waals surface area contributed by atoms with Crippen LogP contribution in [0.5, 0.6) is 0 Å². The summed E-state index contributed by atoms with van der Waals surface area (Å²) >= 11 is 0.